The van der Waals surface area contributed by atoms with Crippen molar-refractivity contribution in [2.75, 3.05) is 5.32 Å². The normalized spacial score (nSPS) is 10.7. The average molecular weight is 270 g/mol. The van der Waals surface area contributed by atoms with Gasteiger partial charge in [0.25, 0.3) is 5.91 Å². The number of anilines is 1. The number of benzene rings is 1. The average Bonchev–Trinajstić information content (AvgIpc) is 2.90. The number of pyridine rings is 1. The van der Waals surface area contributed by atoms with Crippen LogP contribution in [0.1, 0.15) is 16.1 Å². The molecule has 0 radical (unpaired) electrons. The zero-order valence-corrected chi connectivity index (χ0v) is 10.6. The molecule has 2 heterocycles. The van der Waals surface area contributed by atoms with Crippen molar-refractivity contribution in [1.82, 2.24) is 15.2 Å². The highest BCUT2D eigenvalue weighted by atomic mass is 19.1. The topological polar surface area (TPSA) is 70.7 Å². The number of halogens is 1. The van der Waals surface area contributed by atoms with Crippen LogP contribution in [0, 0.1) is 12.7 Å². The Kier molecular flexibility index (Phi) is 2.90. The largest absolute Gasteiger partial charge is 0.319 e. The second-order valence-corrected chi connectivity index (χ2v) is 4.41. The zero-order valence-electron chi connectivity index (χ0n) is 10.6. The Hall–Kier alpha value is -2.76. The molecule has 0 unspecified atom stereocenters. The highest BCUT2D eigenvalue weighted by Gasteiger charge is 2.13. The van der Waals surface area contributed by atoms with Crippen molar-refractivity contribution < 1.29 is 9.18 Å². The third kappa shape index (κ3) is 2.23. The number of H-pyrrole nitrogens is 1. The molecular weight excluding hydrogens is 259 g/mol. The molecule has 0 saturated heterocycles. The lowest BCUT2D eigenvalue weighted by atomic mass is 10.1. The van der Waals surface area contributed by atoms with E-state index in [1.807, 2.05) is 0 Å². The van der Waals surface area contributed by atoms with Crippen LogP contribution in [0.25, 0.3) is 10.9 Å². The van der Waals surface area contributed by atoms with Crippen LogP contribution in [-0.4, -0.2) is 21.1 Å². The van der Waals surface area contributed by atoms with Crippen LogP contribution < -0.4 is 5.32 Å². The van der Waals surface area contributed by atoms with Gasteiger partial charge in [-0.2, -0.15) is 5.10 Å². The van der Waals surface area contributed by atoms with E-state index in [1.54, 1.807) is 25.3 Å². The first-order valence-corrected chi connectivity index (χ1v) is 6.00. The number of carbonyl (C=O) groups is 1. The highest BCUT2D eigenvalue weighted by molar-refractivity contribution is 6.12. The number of rotatable bonds is 2. The fourth-order valence-electron chi connectivity index (χ4n) is 2.04. The van der Waals surface area contributed by atoms with E-state index in [9.17, 15) is 9.18 Å². The lowest BCUT2D eigenvalue weighted by Gasteiger charge is -2.08. The molecule has 0 fully saturated rings. The van der Waals surface area contributed by atoms with Gasteiger partial charge in [0.05, 0.1) is 23.0 Å². The number of fused-ring (bicyclic) bond motifs is 1. The summed E-state index contributed by atoms with van der Waals surface area (Å²) < 4.78 is 13.3. The van der Waals surface area contributed by atoms with Gasteiger partial charge >= 0.3 is 0 Å². The maximum absolute atomic E-state index is 13.3. The van der Waals surface area contributed by atoms with E-state index in [0.717, 1.165) is 0 Å². The number of hydrogen-bond donors (Lipinski definition) is 2. The second kappa shape index (κ2) is 4.73. The summed E-state index contributed by atoms with van der Waals surface area (Å²) >= 11 is 0. The molecule has 5 nitrogen and oxygen atoms in total. The van der Waals surface area contributed by atoms with Crippen LogP contribution in [0.3, 0.4) is 0 Å². The summed E-state index contributed by atoms with van der Waals surface area (Å²) in [5, 5.41) is 9.70. The molecule has 100 valence electrons. The Morgan fingerprint density at radius 2 is 2.20 bits per heavy atom. The summed E-state index contributed by atoms with van der Waals surface area (Å²) in [5.74, 6) is -0.662. The summed E-state index contributed by atoms with van der Waals surface area (Å²) in [4.78, 5) is 16.5. The highest BCUT2D eigenvalue weighted by Crippen LogP contribution is 2.20. The second-order valence-electron chi connectivity index (χ2n) is 4.41. The molecular formula is C14H11FN4O. The third-order valence-corrected chi connectivity index (χ3v) is 2.90. The molecule has 1 aromatic carbocycles. The Bertz CT molecular complexity index is 778. The number of nitrogens with one attached hydrogen (secondary N) is 2. The molecule has 0 aliphatic heterocycles. The number of hydrogen-bond acceptors (Lipinski definition) is 3. The molecule has 0 bridgehead atoms. The van der Waals surface area contributed by atoms with Gasteiger partial charge in [0.2, 0.25) is 0 Å². The van der Waals surface area contributed by atoms with E-state index in [-0.39, 0.29) is 11.7 Å². The molecule has 0 saturated carbocycles. The lowest BCUT2D eigenvalue weighted by molar-refractivity contribution is 0.102. The molecule has 2 N–H and O–H groups in total. The van der Waals surface area contributed by atoms with E-state index in [1.165, 1.54) is 18.3 Å². The maximum Gasteiger partial charge on any atom is 0.256 e. The first-order chi connectivity index (χ1) is 9.63. The van der Waals surface area contributed by atoms with Crippen LogP contribution in [0.2, 0.25) is 0 Å². The van der Waals surface area contributed by atoms with Gasteiger partial charge < -0.3 is 5.32 Å². The molecule has 3 aromatic rings. The summed E-state index contributed by atoms with van der Waals surface area (Å²) in [5.41, 5.74) is 2.14. The molecule has 0 aliphatic rings. The Labute approximate surface area is 113 Å². The minimum Gasteiger partial charge on any atom is -0.319 e. The Morgan fingerprint density at radius 3 is 2.95 bits per heavy atom. The van der Waals surface area contributed by atoms with Crippen molar-refractivity contribution in [3.63, 3.8) is 0 Å². The summed E-state index contributed by atoms with van der Waals surface area (Å²) in [6.45, 7) is 1.76. The van der Waals surface area contributed by atoms with E-state index in [0.29, 0.717) is 27.8 Å². The SMILES string of the molecule is Cc1cc(C(=O)Nc2cn[nH]c2)c2ccc(F)cc2n1. The van der Waals surface area contributed by atoms with Crippen LogP contribution in [0.4, 0.5) is 10.1 Å². The van der Waals surface area contributed by atoms with Gasteiger partial charge in [0.1, 0.15) is 5.82 Å². The minimum atomic E-state index is -0.378. The maximum atomic E-state index is 13.3. The van der Waals surface area contributed by atoms with E-state index in [4.69, 9.17) is 0 Å². The number of aromatic amines is 1. The molecule has 6 heteroatoms. The zero-order chi connectivity index (χ0) is 14.1. The molecule has 0 atom stereocenters. The summed E-state index contributed by atoms with van der Waals surface area (Å²) in [7, 11) is 0. The van der Waals surface area contributed by atoms with E-state index in [2.05, 4.69) is 20.5 Å². The number of aryl methyl sites for hydroxylation is 1. The molecule has 3 rings (SSSR count). The minimum absolute atomic E-state index is 0.284. The number of amides is 1. The van der Waals surface area contributed by atoms with Gasteiger partial charge in [-0.25, -0.2) is 4.39 Å². The van der Waals surface area contributed by atoms with Gasteiger partial charge in [-0.15, -0.1) is 0 Å². The van der Waals surface area contributed by atoms with Crippen LogP contribution in [0.15, 0.2) is 36.7 Å². The first-order valence-electron chi connectivity index (χ1n) is 6.00. The standard InChI is InChI=1S/C14H11FN4O/c1-8-4-12(14(20)19-10-6-16-17-7-10)11-3-2-9(15)5-13(11)18-8/h2-7H,1H3,(H,16,17)(H,19,20). The number of carbonyl (C=O) groups excluding carboxylic acids is 1. The molecule has 20 heavy (non-hydrogen) atoms. The van der Waals surface area contributed by atoms with Gasteiger partial charge in [0, 0.05) is 23.3 Å². The van der Waals surface area contributed by atoms with Crippen LogP contribution in [-0.2, 0) is 0 Å². The Morgan fingerprint density at radius 1 is 1.35 bits per heavy atom. The van der Waals surface area contributed by atoms with Gasteiger partial charge in [-0.1, -0.05) is 0 Å². The molecule has 2 aromatic heterocycles. The van der Waals surface area contributed by atoms with Crippen molar-refractivity contribution in [2.45, 2.75) is 6.92 Å². The lowest BCUT2D eigenvalue weighted by Crippen LogP contribution is -2.12. The first kappa shape index (κ1) is 12.3. The summed E-state index contributed by atoms with van der Waals surface area (Å²) in [6, 6.07) is 5.86. The number of nitrogens with zero attached hydrogens (tertiary/aromatic N) is 2. The third-order valence-electron chi connectivity index (χ3n) is 2.90. The fourth-order valence-corrected chi connectivity index (χ4v) is 2.04. The van der Waals surface area contributed by atoms with E-state index < -0.39 is 0 Å². The fraction of sp³-hybridized carbons (Fsp3) is 0.0714. The smallest absolute Gasteiger partial charge is 0.256 e. The van der Waals surface area contributed by atoms with Crippen molar-refractivity contribution in [1.29, 1.82) is 0 Å². The van der Waals surface area contributed by atoms with Crippen LogP contribution in [0.5, 0.6) is 0 Å². The predicted octanol–water partition coefficient (Wildman–Crippen LogP) is 2.66. The predicted molar refractivity (Wildman–Crippen MR) is 73.0 cm³/mol. The number of aromatic nitrogens is 3. The van der Waals surface area contributed by atoms with Gasteiger partial charge in [-0.05, 0) is 25.1 Å². The molecule has 0 spiro atoms. The van der Waals surface area contributed by atoms with Gasteiger partial charge in [-0.3, -0.25) is 14.9 Å². The van der Waals surface area contributed by atoms with Crippen LogP contribution >= 0.6 is 0 Å². The Balaban J connectivity index is 2.08. The monoisotopic (exact) mass is 270 g/mol. The quantitative estimate of drug-likeness (QED) is 0.752. The van der Waals surface area contributed by atoms with Crippen molar-refractivity contribution in [2.24, 2.45) is 0 Å². The molecule has 0 aliphatic carbocycles. The van der Waals surface area contributed by atoms with Gasteiger partial charge in [0.15, 0.2) is 0 Å². The van der Waals surface area contributed by atoms with Crippen molar-refractivity contribution in [3.05, 3.63) is 53.7 Å². The summed E-state index contributed by atoms with van der Waals surface area (Å²) in [6.07, 6.45) is 3.08. The van der Waals surface area contributed by atoms with Crippen molar-refractivity contribution in [3.8, 4) is 0 Å². The van der Waals surface area contributed by atoms with Crippen molar-refractivity contribution >= 4 is 22.5 Å². The molecule has 1 amide bonds. The van der Waals surface area contributed by atoms with E-state index >= 15 is 0 Å².